The predicted molar refractivity (Wildman–Crippen MR) is 84.1 cm³/mol. The Morgan fingerprint density at radius 1 is 1.00 bits per heavy atom. The first-order chi connectivity index (χ1) is 11.7. The summed E-state index contributed by atoms with van der Waals surface area (Å²) >= 11 is 0. The van der Waals surface area contributed by atoms with Gasteiger partial charge in [-0.2, -0.15) is 4.98 Å². The number of piperazine rings is 1. The summed E-state index contributed by atoms with van der Waals surface area (Å²) in [5.74, 6) is -0.210. The molecule has 0 bridgehead atoms. The lowest BCUT2D eigenvalue weighted by molar-refractivity contribution is 0.349. The minimum Gasteiger partial charge on any atom is -0.337 e. The van der Waals surface area contributed by atoms with Crippen molar-refractivity contribution in [1.29, 1.82) is 0 Å². The number of anilines is 1. The van der Waals surface area contributed by atoms with Gasteiger partial charge in [0.05, 0.1) is 5.92 Å². The molecule has 2 aliphatic heterocycles. The molecule has 6 nitrogen and oxygen atoms in total. The molecule has 2 aliphatic rings. The van der Waals surface area contributed by atoms with E-state index < -0.39 is 11.6 Å². The highest BCUT2D eigenvalue weighted by atomic mass is 19.1. The van der Waals surface area contributed by atoms with Crippen molar-refractivity contribution in [2.24, 2.45) is 0 Å². The number of halogens is 2. The maximum atomic E-state index is 13.5. The van der Waals surface area contributed by atoms with Crippen molar-refractivity contribution in [3.05, 3.63) is 41.3 Å². The second-order valence-electron chi connectivity index (χ2n) is 6.24. The summed E-state index contributed by atoms with van der Waals surface area (Å²) < 4.78 is 32.5. The summed E-state index contributed by atoms with van der Waals surface area (Å²) in [7, 11) is 0. The van der Waals surface area contributed by atoms with E-state index >= 15 is 0 Å². The third-order valence-corrected chi connectivity index (χ3v) is 4.68. The normalized spacial score (nSPS) is 24.5. The van der Waals surface area contributed by atoms with Crippen LogP contribution >= 0.6 is 0 Å². The summed E-state index contributed by atoms with van der Waals surface area (Å²) in [6.45, 7) is 4.71. The Hall–Kier alpha value is -2.06. The average Bonchev–Trinajstić information content (AvgIpc) is 3.24. The van der Waals surface area contributed by atoms with E-state index in [-0.39, 0.29) is 11.8 Å². The van der Waals surface area contributed by atoms with E-state index in [0.717, 1.165) is 32.2 Å². The fraction of sp³-hybridized carbons (Fsp3) is 0.500. The van der Waals surface area contributed by atoms with Gasteiger partial charge in [-0.15, -0.1) is 0 Å². The van der Waals surface area contributed by atoms with Gasteiger partial charge < -0.3 is 20.1 Å². The van der Waals surface area contributed by atoms with Crippen molar-refractivity contribution in [2.75, 3.05) is 44.2 Å². The zero-order valence-electron chi connectivity index (χ0n) is 13.1. The van der Waals surface area contributed by atoms with Crippen LogP contribution in [0.5, 0.6) is 0 Å². The molecule has 2 N–H and O–H groups in total. The number of rotatable bonds is 3. The molecular formula is C16H19F2N5O. The van der Waals surface area contributed by atoms with Gasteiger partial charge in [0.15, 0.2) is 0 Å². The van der Waals surface area contributed by atoms with E-state index in [9.17, 15) is 8.78 Å². The van der Waals surface area contributed by atoms with E-state index in [0.29, 0.717) is 30.5 Å². The van der Waals surface area contributed by atoms with Crippen LogP contribution in [0.15, 0.2) is 22.7 Å². The topological polar surface area (TPSA) is 66.2 Å². The summed E-state index contributed by atoms with van der Waals surface area (Å²) in [5.41, 5.74) is 0.615. The van der Waals surface area contributed by atoms with E-state index in [1.165, 1.54) is 12.1 Å². The fourth-order valence-corrected chi connectivity index (χ4v) is 3.45. The Kier molecular flexibility index (Phi) is 4.15. The average molecular weight is 335 g/mol. The van der Waals surface area contributed by atoms with Crippen LogP contribution in [-0.2, 0) is 0 Å². The Bertz CT molecular complexity index is 696. The molecular weight excluding hydrogens is 316 g/mol. The molecule has 0 spiro atoms. The van der Waals surface area contributed by atoms with Crippen molar-refractivity contribution >= 4 is 5.95 Å². The van der Waals surface area contributed by atoms with Crippen LogP contribution in [0, 0.1) is 11.6 Å². The van der Waals surface area contributed by atoms with Crippen LogP contribution in [0.3, 0.4) is 0 Å². The molecule has 3 heterocycles. The molecule has 0 amide bonds. The standard InChI is InChI=1S/C16H19F2N5O/c17-11-5-10(6-12(18)7-11)13-8-20-9-14(13)15-21-16(22-24-15)23-3-1-19-2-4-23/h5-7,13-14,19-20H,1-4,8-9H2/t13-,14+/m0/s1. The summed E-state index contributed by atoms with van der Waals surface area (Å²) in [4.78, 5) is 6.60. The van der Waals surface area contributed by atoms with Gasteiger partial charge in [-0.25, -0.2) is 8.78 Å². The third-order valence-electron chi connectivity index (χ3n) is 4.68. The van der Waals surface area contributed by atoms with Crippen molar-refractivity contribution < 1.29 is 13.3 Å². The van der Waals surface area contributed by atoms with E-state index in [1.54, 1.807) is 0 Å². The third kappa shape index (κ3) is 2.99. The molecule has 2 atom stereocenters. The van der Waals surface area contributed by atoms with Crippen molar-refractivity contribution in [3.8, 4) is 0 Å². The zero-order chi connectivity index (χ0) is 16.5. The Labute approximate surface area is 138 Å². The fourth-order valence-electron chi connectivity index (χ4n) is 3.45. The lowest BCUT2D eigenvalue weighted by Gasteiger charge is -2.25. The smallest absolute Gasteiger partial charge is 0.266 e. The largest absolute Gasteiger partial charge is 0.337 e. The molecule has 0 aliphatic carbocycles. The van der Waals surface area contributed by atoms with Gasteiger partial charge in [-0.1, -0.05) is 0 Å². The maximum Gasteiger partial charge on any atom is 0.266 e. The van der Waals surface area contributed by atoms with Crippen LogP contribution in [0.25, 0.3) is 0 Å². The van der Waals surface area contributed by atoms with E-state index in [2.05, 4.69) is 25.7 Å². The predicted octanol–water partition coefficient (Wildman–Crippen LogP) is 1.23. The second-order valence-corrected chi connectivity index (χ2v) is 6.24. The molecule has 128 valence electrons. The highest BCUT2D eigenvalue weighted by molar-refractivity contribution is 5.31. The number of nitrogens with one attached hydrogen (secondary N) is 2. The molecule has 8 heteroatoms. The van der Waals surface area contributed by atoms with Gasteiger partial charge in [0.25, 0.3) is 5.95 Å². The molecule has 2 fully saturated rings. The van der Waals surface area contributed by atoms with Crippen LogP contribution in [0.1, 0.15) is 23.3 Å². The highest BCUT2D eigenvalue weighted by Gasteiger charge is 2.35. The van der Waals surface area contributed by atoms with Crippen molar-refractivity contribution in [1.82, 2.24) is 20.8 Å². The Morgan fingerprint density at radius 3 is 2.46 bits per heavy atom. The summed E-state index contributed by atoms with van der Waals surface area (Å²) in [6, 6.07) is 3.64. The van der Waals surface area contributed by atoms with E-state index in [1.807, 2.05) is 0 Å². The van der Waals surface area contributed by atoms with Crippen LogP contribution in [-0.4, -0.2) is 49.4 Å². The molecule has 2 aromatic rings. The summed E-state index contributed by atoms with van der Waals surface area (Å²) in [5, 5.41) is 10.6. The van der Waals surface area contributed by atoms with Gasteiger partial charge in [0.2, 0.25) is 5.89 Å². The molecule has 1 aromatic carbocycles. The lowest BCUT2D eigenvalue weighted by Crippen LogP contribution is -2.44. The molecule has 4 rings (SSSR count). The first-order valence-electron chi connectivity index (χ1n) is 8.16. The minimum atomic E-state index is -0.567. The molecule has 0 radical (unpaired) electrons. The number of nitrogens with zero attached hydrogens (tertiary/aromatic N) is 3. The van der Waals surface area contributed by atoms with Gasteiger partial charge in [0, 0.05) is 51.3 Å². The van der Waals surface area contributed by atoms with Gasteiger partial charge >= 0.3 is 0 Å². The minimum absolute atomic E-state index is 0.0876. The SMILES string of the molecule is Fc1cc(F)cc([C@@H]2CNC[C@H]2c2nc(N3CCNCC3)no2)c1. The quantitative estimate of drug-likeness (QED) is 0.879. The number of aromatic nitrogens is 2. The molecule has 1 aromatic heterocycles. The van der Waals surface area contributed by atoms with Crippen molar-refractivity contribution in [2.45, 2.75) is 11.8 Å². The molecule has 2 saturated heterocycles. The number of hydrogen-bond donors (Lipinski definition) is 2. The maximum absolute atomic E-state index is 13.5. The molecule has 24 heavy (non-hydrogen) atoms. The van der Waals surface area contributed by atoms with Crippen LogP contribution in [0.2, 0.25) is 0 Å². The van der Waals surface area contributed by atoms with Gasteiger partial charge in [0.1, 0.15) is 11.6 Å². The lowest BCUT2D eigenvalue weighted by atomic mass is 9.88. The van der Waals surface area contributed by atoms with Crippen molar-refractivity contribution in [3.63, 3.8) is 0 Å². The number of benzene rings is 1. The Balaban J connectivity index is 1.57. The van der Waals surface area contributed by atoms with Crippen LogP contribution < -0.4 is 15.5 Å². The molecule has 0 saturated carbocycles. The Morgan fingerprint density at radius 2 is 1.71 bits per heavy atom. The first-order valence-corrected chi connectivity index (χ1v) is 8.16. The summed E-state index contributed by atoms with van der Waals surface area (Å²) in [6.07, 6.45) is 0. The van der Waals surface area contributed by atoms with Crippen LogP contribution in [0.4, 0.5) is 14.7 Å². The van der Waals surface area contributed by atoms with Gasteiger partial charge in [-0.3, -0.25) is 0 Å². The highest BCUT2D eigenvalue weighted by Crippen LogP contribution is 2.36. The molecule has 0 unspecified atom stereocenters. The van der Waals surface area contributed by atoms with Gasteiger partial charge in [-0.05, 0) is 22.9 Å². The zero-order valence-corrected chi connectivity index (χ0v) is 13.1. The number of hydrogen-bond acceptors (Lipinski definition) is 6. The second kappa shape index (κ2) is 6.45. The first kappa shape index (κ1) is 15.5. The van der Waals surface area contributed by atoms with E-state index in [4.69, 9.17) is 4.52 Å². The monoisotopic (exact) mass is 335 g/mol.